The van der Waals surface area contributed by atoms with Gasteiger partial charge in [0.15, 0.2) is 0 Å². The van der Waals surface area contributed by atoms with Gasteiger partial charge in [0.2, 0.25) is 0 Å². The average molecular weight is 418 g/mol. The van der Waals surface area contributed by atoms with Crippen molar-refractivity contribution in [2.75, 3.05) is 14.2 Å². The Bertz CT molecular complexity index is 709. The van der Waals surface area contributed by atoms with Crippen LogP contribution >= 0.6 is 0 Å². The summed E-state index contributed by atoms with van der Waals surface area (Å²) in [6, 6.07) is 9.42. The molecule has 0 saturated carbocycles. The topological polar surface area (TPSA) is 72.4 Å². The normalized spacial score (nSPS) is 22.6. The summed E-state index contributed by atoms with van der Waals surface area (Å²) in [4.78, 5) is 12.3. The standard InChI is InChI=1S/C14H19.C7H6O2.2CH3O.Ti/c1-10-11-6-2-4-8-13(11)14-9-5-3-7-12(10)14;8-7(9)6-4-2-1-3-5-6;2*1-2;/h6,10H,2-5,7-9H2,1H3;1-5H,(H,8,9);2*1H3;/q;;2*-1;+3/p-1. The van der Waals surface area contributed by atoms with Gasteiger partial charge < -0.3 is 10.2 Å². The van der Waals surface area contributed by atoms with Crippen LogP contribution in [0.1, 0.15) is 62.2 Å². The summed E-state index contributed by atoms with van der Waals surface area (Å²) in [5.74, 6) is 0.478. The second-order valence-electron chi connectivity index (χ2n) is 7.18. The van der Waals surface area contributed by atoms with Crippen LogP contribution in [0.15, 0.2) is 52.6 Å². The molecule has 0 aromatic heterocycles. The molecule has 2 atom stereocenters. The molecule has 2 unspecified atom stereocenters. The summed E-state index contributed by atoms with van der Waals surface area (Å²) < 4.78 is 6.35. The van der Waals surface area contributed by atoms with Crippen molar-refractivity contribution in [1.29, 1.82) is 0 Å². The summed E-state index contributed by atoms with van der Waals surface area (Å²) in [6.07, 6.45) is 9.02. The number of hydrogen-bond donors (Lipinski definition) is 0. The fraction of sp³-hybridized carbons (Fsp3) is 0.522. The second-order valence-corrected chi connectivity index (χ2v) is 8.96. The molecular weight excluding hydrogens is 388 g/mol. The van der Waals surface area contributed by atoms with E-state index in [0.717, 1.165) is 14.2 Å². The summed E-state index contributed by atoms with van der Waals surface area (Å²) in [6.45, 7) is 2.40. The summed E-state index contributed by atoms with van der Waals surface area (Å²) in [5, 5.41) is 16.5. The number of rotatable bonds is 3. The number of benzene rings is 1. The zero-order valence-electron chi connectivity index (χ0n) is 17.1. The molecule has 0 aliphatic heterocycles. The smallest absolute Gasteiger partial charge is 0.153 e. The van der Waals surface area contributed by atoms with Crippen LogP contribution in [0.2, 0.25) is 4.22 Å². The van der Waals surface area contributed by atoms with Crippen LogP contribution in [-0.2, 0) is 22.9 Å². The Morgan fingerprint density at radius 1 is 0.964 bits per heavy atom. The van der Waals surface area contributed by atoms with Crippen LogP contribution in [0.5, 0.6) is 0 Å². The SMILES string of the molecule is CC1C2=C(CCCC2)C2=C1[CH]([Ti+2][O]C(=O)c1ccccc1)CCC2.C[O-].C[O-]. The molecule has 28 heavy (non-hydrogen) atoms. The third-order valence-corrected chi connectivity index (χ3v) is 7.67. The molecule has 1 aromatic rings. The van der Waals surface area contributed by atoms with Crippen molar-refractivity contribution < 1.29 is 37.9 Å². The van der Waals surface area contributed by atoms with E-state index < -0.39 is 19.5 Å². The van der Waals surface area contributed by atoms with Crippen LogP contribution in [0.3, 0.4) is 0 Å². The molecule has 3 aliphatic rings. The fourth-order valence-corrected chi connectivity index (χ4v) is 6.64. The first-order valence-corrected chi connectivity index (χ1v) is 11.6. The van der Waals surface area contributed by atoms with E-state index in [1.807, 2.05) is 30.3 Å². The van der Waals surface area contributed by atoms with E-state index in [9.17, 15) is 4.79 Å². The molecule has 3 aliphatic carbocycles. The zero-order valence-corrected chi connectivity index (χ0v) is 18.7. The molecule has 0 radical (unpaired) electrons. The van der Waals surface area contributed by atoms with Gasteiger partial charge in [-0.25, -0.2) is 0 Å². The van der Waals surface area contributed by atoms with Crippen LogP contribution < -0.4 is 10.2 Å². The van der Waals surface area contributed by atoms with Crippen LogP contribution in [0.4, 0.5) is 0 Å². The third-order valence-electron chi connectivity index (χ3n) is 5.81. The number of carbonyl (C=O) groups is 1. The number of carbonyl (C=O) groups excluding carboxylic acids is 1. The fourth-order valence-electron chi connectivity index (χ4n) is 4.70. The van der Waals surface area contributed by atoms with Crippen LogP contribution in [-0.4, -0.2) is 20.2 Å². The predicted octanol–water partition coefficient (Wildman–Crippen LogP) is 3.58. The van der Waals surface area contributed by atoms with Gasteiger partial charge in [0.25, 0.3) is 0 Å². The van der Waals surface area contributed by atoms with E-state index in [2.05, 4.69) is 6.92 Å². The van der Waals surface area contributed by atoms with Crippen molar-refractivity contribution in [2.45, 2.75) is 56.1 Å². The molecule has 1 aromatic carbocycles. The van der Waals surface area contributed by atoms with Crippen molar-refractivity contribution >= 4 is 5.97 Å². The molecule has 150 valence electrons. The Labute approximate surface area is 178 Å². The largest absolute Gasteiger partial charge is 0.857 e. The van der Waals surface area contributed by atoms with Gasteiger partial charge in [0.1, 0.15) is 0 Å². The zero-order chi connectivity index (χ0) is 20.5. The van der Waals surface area contributed by atoms with E-state index in [1.165, 1.54) is 44.9 Å². The van der Waals surface area contributed by atoms with Gasteiger partial charge in [-0.15, -0.1) is 0 Å². The van der Waals surface area contributed by atoms with Crippen molar-refractivity contribution in [2.24, 2.45) is 5.92 Å². The molecule has 0 heterocycles. The molecular formula is C23H30O4Ti. The Balaban J connectivity index is 0.000000660. The van der Waals surface area contributed by atoms with Crippen molar-refractivity contribution in [3.63, 3.8) is 0 Å². The average Bonchev–Trinajstić information content (AvgIpc) is 3.08. The minimum Gasteiger partial charge on any atom is -0.857 e. The minimum absolute atomic E-state index is 0.133. The molecule has 4 nitrogen and oxygen atoms in total. The van der Waals surface area contributed by atoms with Gasteiger partial charge >= 0.3 is 154 Å². The van der Waals surface area contributed by atoms with Gasteiger partial charge in [-0.2, -0.15) is 14.2 Å². The Kier molecular flexibility index (Phi) is 9.66. The molecule has 5 heteroatoms. The summed E-state index contributed by atoms with van der Waals surface area (Å²) >= 11 is -0.740. The van der Waals surface area contributed by atoms with E-state index in [1.54, 1.807) is 22.3 Å². The van der Waals surface area contributed by atoms with Crippen LogP contribution in [0.25, 0.3) is 0 Å². The van der Waals surface area contributed by atoms with Crippen molar-refractivity contribution in [1.82, 2.24) is 0 Å². The first kappa shape index (κ1) is 23.1. The maximum Gasteiger partial charge on any atom is -0.153 e. The van der Waals surface area contributed by atoms with E-state index in [-0.39, 0.29) is 5.97 Å². The Hall–Kier alpha value is -1.20. The summed E-state index contributed by atoms with van der Waals surface area (Å²) in [7, 11) is 1.50. The molecule has 0 saturated heterocycles. The monoisotopic (exact) mass is 418 g/mol. The van der Waals surface area contributed by atoms with E-state index in [0.29, 0.717) is 15.7 Å². The van der Waals surface area contributed by atoms with E-state index >= 15 is 0 Å². The molecule has 0 amide bonds. The molecule has 0 spiro atoms. The number of allylic oxidation sites excluding steroid dienone is 4. The minimum atomic E-state index is -0.740. The van der Waals surface area contributed by atoms with Crippen molar-refractivity contribution in [3.05, 3.63) is 58.2 Å². The van der Waals surface area contributed by atoms with Crippen LogP contribution in [0, 0.1) is 5.92 Å². The van der Waals surface area contributed by atoms with E-state index in [4.69, 9.17) is 13.5 Å². The van der Waals surface area contributed by atoms with Gasteiger partial charge in [-0.1, -0.05) is 0 Å². The van der Waals surface area contributed by atoms with Gasteiger partial charge in [0, 0.05) is 0 Å². The molecule has 4 rings (SSSR count). The van der Waals surface area contributed by atoms with Gasteiger partial charge in [-0.3, -0.25) is 0 Å². The van der Waals surface area contributed by atoms with Crippen molar-refractivity contribution in [3.8, 4) is 0 Å². The predicted molar refractivity (Wildman–Crippen MR) is 103 cm³/mol. The molecule has 0 fully saturated rings. The first-order valence-electron chi connectivity index (χ1n) is 10.0. The number of fused-ring (bicyclic) bond motifs is 1. The van der Waals surface area contributed by atoms with Gasteiger partial charge in [-0.05, 0) is 0 Å². The van der Waals surface area contributed by atoms with Gasteiger partial charge in [0.05, 0.1) is 0 Å². The quantitative estimate of drug-likeness (QED) is 0.704. The number of hydrogen-bond acceptors (Lipinski definition) is 4. The molecule has 0 bridgehead atoms. The second kappa shape index (κ2) is 11.7. The molecule has 0 N–H and O–H groups in total. The summed E-state index contributed by atoms with van der Waals surface area (Å²) in [5.41, 5.74) is 7.44. The Morgan fingerprint density at radius 3 is 2.32 bits per heavy atom. The first-order chi connectivity index (χ1) is 13.8. The maximum atomic E-state index is 12.3. The maximum absolute atomic E-state index is 12.3. The Morgan fingerprint density at radius 2 is 1.61 bits per heavy atom. The third kappa shape index (κ3) is 5.04.